The largest absolute Gasteiger partial charge is 0.464 e. The molecule has 8 heteroatoms. The molecule has 2 bridgehead atoms. The van der Waals surface area contributed by atoms with E-state index in [1.165, 1.54) is 7.11 Å². The molecular weight excluding hydrogens is 334 g/mol. The van der Waals surface area contributed by atoms with Gasteiger partial charge in [-0.15, -0.1) is 0 Å². The lowest BCUT2D eigenvalue weighted by molar-refractivity contribution is 0.0594. The third-order valence-electron chi connectivity index (χ3n) is 4.70. The number of pyridine rings is 2. The number of hydrogen-bond donors (Lipinski definition) is 1. The lowest BCUT2D eigenvalue weighted by atomic mass is 10.00. The Kier molecular flexibility index (Phi) is 4.16. The van der Waals surface area contributed by atoms with E-state index in [4.69, 9.17) is 4.74 Å². The van der Waals surface area contributed by atoms with Crippen molar-refractivity contribution in [2.75, 3.05) is 35.3 Å². The van der Waals surface area contributed by atoms with Crippen molar-refractivity contribution < 1.29 is 14.3 Å². The highest BCUT2D eigenvalue weighted by atomic mass is 16.5. The van der Waals surface area contributed by atoms with Crippen LogP contribution < -0.4 is 15.1 Å². The van der Waals surface area contributed by atoms with Crippen LogP contribution in [0.1, 0.15) is 23.3 Å². The summed E-state index contributed by atoms with van der Waals surface area (Å²) in [5.41, 5.74) is 1.04. The third kappa shape index (κ3) is 2.83. The van der Waals surface area contributed by atoms with Gasteiger partial charge in [0.1, 0.15) is 5.82 Å². The number of carbonyl (C=O) groups is 2. The van der Waals surface area contributed by atoms with Crippen LogP contribution in [0.2, 0.25) is 0 Å². The molecule has 4 rings (SSSR count). The first-order valence-corrected chi connectivity index (χ1v) is 8.53. The van der Waals surface area contributed by atoms with Gasteiger partial charge in [-0.3, -0.25) is 10.2 Å². The molecule has 0 unspecified atom stereocenters. The number of rotatable bonds is 2. The first kappa shape index (κ1) is 16.3. The number of aromatic nitrogens is 2. The molecule has 134 valence electrons. The van der Waals surface area contributed by atoms with Crippen LogP contribution in [0.25, 0.3) is 0 Å². The number of ether oxygens (including phenoxy) is 1. The van der Waals surface area contributed by atoms with E-state index in [-0.39, 0.29) is 17.8 Å². The van der Waals surface area contributed by atoms with Gasteiger partial charge < -0.3 is 9.64 Å². The van der Waals surface area contributed by atoms with E-state index in [9.17, 15) is 9.59 Å². The van der Waals surface area contributed by atoms with Gasteiger partial charge >= 0.3 is 12.0 Å². The number of fused-ring (bicyclic) bond motifs is 4. The number of nitrogens with zero attached hydrogens (tertiary/aromatic N) is 4. The van der Waals surface area contributed by atoms with E-state index in [2.05, 4.69) is 20.2 Å². The fourth-order valence-corrected chi connectivity index (χ4v) is 3.51. The van der Waals surface area contributed by atoms with E-state index in [1.807, 2.05) is 12.1 Å². The summed E-state index contributed by atoms with van der Waals surface area (Å²) >= 11 is 0. The molecule has 8 nitrogen and oxygen atoms in total. The zero-order valence-corrected chi connectivity index (χ0v) is 14.4. The smallest absolute Gasteiger partial charge is 0.356 e. The fraction of sp³-hybridized carbons (Fsp3) is 0.333. The monoisotopic (exact) mass is 353 g/mol. The summed E-state index contributed by atoms with van der Waals surface area (Å²) < 4.78 is 4.77. The number of urea groups is 1. The summed E-state index contributed by atoms with van der Waals surface area (Å²) in [5.74, 6) is 0.433. The summed E-state index contributed by atoms with van der Waals surface area (Å²) in [5, 5.41) is 2.82. The Morgan fingerprint density at radius 3 is 2.92 bits per heavy atom. The number of hydrogen-bond acceptors (Lipinski definition) is 6. The highest BCUT2D eigenvalue weighted by molar-refractivity contribution is 6.04. The summed E-state index contributed by atoms with van der Waals surface area (Å²) in [4.78, 5) is 37.3. The van der Waals surface area contributed by atoms with Crippen LogP contribution in [0, 0.1) is 0 Å². The third-order valence-corrected chi connectivity index (χ3v) is 4.70. The average molecular weight is 353 g/mol. The van der Waals surface area contributed by atoms with E-state index in [0.717, 1.165) is 31.6 Å². The first-order chi connectivity index (χ1) is 12.7. The Morgan fingerprint density at radius 1 is 1.27 bits per heavy atom. The fourth-order valence-electron chi connectivity index (χ4n) is 3.51. The first-order valence-electron chi connectivity index (χ1n) is 8.53. The van der Waals surface area contributed by atoms with Crippen LogP contribution in [-0.2, 0) is 4.74 Å². The standard InChI is InChI=1S/C18H19N5O3/c1-26-17(24)13-7-8-14-16(20-13)23(12-5-4-10-22(14)11-12)18(25)21-15-6-2-3-9-19-15/h2-3,6-9,12H,4-5,10-11H2,1H3,(H,19,21,25)/t12-/m0/s1. The molecule has 1 atom stereocenters. The number of anilines is 3. The van der Waals surface area contributed by atoms with Gasteiger partial charge in [0.15, 0.2) is 11.5 Å². The molecular formula is C18H19N5O3. The molecule has 1 saturated heterocycles. The number of piperidine rings is 1. The second-order valence-electron chi connectivity index (χ2n) is 6.29. The summed E-state index contributed by atoms with van der Waals surface area (Å²) in [6.07, 6.45) is 3.50. The number of amides is 2. The topological polar surface area (TPSA) is 87.7 Å². The molecule has 2 aliphatic rings. The van der Waals surface area contributed by atoms with Crippen molar-refractivity contribution >= 4 is 29.3 Å². The van der Waals surface area contributed by atoms with Gasteiger partial charge in [-0.05, 0) is 37.1 Å². The highest BCUT2D eigenvalue weighted by Crippen LogP contribution is 2.38. The van der Waals surface area contributed by atoms with Crippen LogP contribution in [0.15, 0.2) is 36.5 Å². The Morgan fingerprint density at radius 2 is 2.15 bits per heavy atom. The Balaban J connectivity index is 1.72. The minimum Gasteiger partial charge on any atom is -0.464 e. The normalized spacial score (nSPS) is 18.1. The van der Waals surface area contributed by atoms with Crippen LogP contribution in [0.5, 0.6) is 0 Å². The molecule has 0 aliphatic carbocycles. The Hall–Kier alpha value is -3.16. The van der Waals surface area contributed by atoms with Crippen molar-refractivity contribution in [2.24, 2.45) is 0 Å². The van der Waals surface area contributed by atoms with Gasteiger partial charge in [0.2, 0.25) is 0 Å². The second-order valence-corrected chi connectivity index (χ2v) is 6.29. The molecule has 0 radical (unpaired) electrons. The highest BCUT2D eigenvalue weighted by Gasteiger charge is 2.38. The predicted octanol–water partition coefficient (Wildman–Crippen LogP) is 2.28. The van der Waals surface area contributed by atoms with E-state index in [1.54, 1.807) is 29.3 Å². The van der Waals surface area contributed by atoms with Gasteiger partial charge in [0.25, 0.3) is 0 Å². The predicted molar refractivity (Wildman–Crippen MR) is 96.5 cm³/mol. The number of nitrogens with one attached hydrogen (secondary N) is 1. The maximum atomic E-state index is 13.0. The lowest BCUT2D eigenvalue weighted by Crippen LogP contribution is -2.56. The number of methoxy groups -OCH3 is 1. The molecule has 2 aromatic heterocycles. The van der Waals surface area contributed by atoms with E-state index >= 15 is 0 Å². The molecule has 0 aromatic carbocycles. The maximum Gasteiger partial charge on any atom is 0.356 e. The molecule has 4 heterocycles. The van der Waals surface area contributed by atoms with Gasteiger partial charge in [-0.25, -0.2) is 19.6 Å². The van der Waals surface area contributed by atoms with Crippen molar-refractivity contribution in [3.05, 3.63) is 42.2 Å². The van der Waals surface area contributed by atoms with Crippen LogP contribution in [0.4, 0.5) is 22.1 Å². The van der Waals surface area contributed by atoms with Crippen molar-refractivity contribution in [1.82, 2.24) is 9.97 Å². The zero-order valence-electron chi connectivity index (χ0n) is 14.4. The SMILES string of the molecule is COC(=O)c1ccc2c(n1)N(C(=O)Nc1ccccn1)[C@H]1CCCN2C1. The minimum absolute atomic E-state index is 0.000333. The molecule has 26 heavy (non-hydrogen) atoms. The molecule has 2 aliphatic heterocycles. The van der Waals surface area contributed by atoms with Gasteiger partial charge in [0.05, 0.1) is 18.8 Å². The molecule has 2 aromatic rings. The lowest BCUT2D eigenvalue weighted by Gasteiger charge is -2.45. The van der Waals surface area contributed by atoms with Crippen molar-refractivity contribution in [3.63, 3.8) is 0 Å². The summed E-state index contributed by atoms with van der Waals surface area (Å²) in [6.45, 7) is 1.67. The van der Waals surface area contributed by atoms with Crippen LogP contribution in [-0.4, -0.2) is 48.2 Å². The molecule has 1 fully saturated rings. The minimum atomic E-state index is -0.524. The van der Waals surface area contributed by atoms with Crippen molar-refractivity contribution in [1.29, 1.82) is 0 Å². The summed E-state index contributed by atoms with van der Waals surface area (Å²) in [6, 6.07) is 8.49. The van der Waals surface area contributed by atoms with Crippen molar-refractivity contribution in [2.45, 2.75) is 18.9 Å². The molecule has 0 spiro atoms. The molecule has 1 N–H and O–H groups in total. The Bertz CT molecular complexity index is 842. The van der Waals surface area contributed by atoms with E-state index in [0.29, 0.717) is 11.6 Å². The van der Waals surface area contributed by atoms with Crippen molar-refractivity contribution in [3.8, 4) is 0 Å². The van der Waals surface area contributed by atoms with Gasteiger partial charge in [-0.1, -0.05) is 6.07 Å². The van der Waals surface area contributed by atoms with Gasteiger partial charge in [0, 0.05) is 19.3 Å². The molecule has 0 saturated carbocycles. The molecule has 2 amide bonds. The zero-order chi connectivity index (χ0) is 18.1. The van der Waals surface area contributed by atoms with E-state index < -0.39 is 5.97 Å². The second kappa shape index (κ2) is 6.62. The quantitative estimate of drug-likeness (QED) is 0.834. The maximum absolute atomic E-state index is 13.0. The number of esters is 1. The summed E-state index contributed by atoms with van der Waals surface area (Å²) in [7, 11) is 1.31. The number of carbonyl (C=O) groups excluding carboxylic acids is 2. The Labute approximate surface area is 150 Å². The average Bonchev–Trinajstić information content (AvgIpc) is 2.68. The van der Waals surface area contributed by atoms with Crippen LogP contribution in [0.3, 0.4) is 0 Å². The van der Waals surface area contributed by atoms with Crippen LogP contribution >= 0.6 is 0 Å². The van der Waals surface area contributed by atoms with Gasteiger partial charge in [-0.2, -0.15) is 0 Å².